The van der Waals surface area contributed by atoms with E-state index in [4.69, 9.17) is 0 Å². The van der Waals surface area contributed by atoms with Crippen LogP contribution in [0.25, 0.3) is 0 Å². The van der Waals surface area contributed by atoms with Crippen molar-refractivity contribution in [2.75, 3.05) is 26.2 Å². The third-order valence-electron chi connectivity index (χ3n) is 3.66. The molecule has 1 aliphatic heterocycles. The highest BCUT2D eigenvalue weighted by Gasteiger charge is 2.24. The number of unbranched alkanes of at least 4 members (excludes halogenated alkanes) is 1. The average Bonchev–Trinajstić information content (AvgIpc) is 2.19. The van der Waals surface area contributed by atoms with Gasteiger partial charge < -0.3 is 10.2 Å². The van der Waals surface area contributed by atoms with Gasteiger partial charge in [-0.3, -0.25) is 0 Å². The van der Waals surface area contributed by atoms with Crippen molar-refractivity contribution >= 4 is 0 Å². The van der Waals surface area contributed by atoms with Gasteiger partial charge in [0, 0.05) is 6.04 Å². The lowest BCUT2D eigenvalue weighted by atomic mass is 9.82. The molecule has 1 rings (SSSR count). The Morgan fingerprint density at radius 3 is 2.31 bits per heavy atom. The van der Waals surface area contributed by atoms with Gasteiger partial charge in [-0.15, -0.1) is 0 Å². The molecule has 0 radical (unpaired) electrons. The highest BCUT2D eigenvalue weighted by molar-refractivity contribution is 4.78. The van der Waals surface area contributed by atoms with Crippen molar-refractivity contribution in [1.29, 1.82) is 0 Å². The Labute approximate surface area is 102 Å². The first-order valence-electron chi connectivity index (χ1n) is 6.95. The smallest absolute Gasteiger partial charge is 0.00103 e. The first kappa shape index (κ1) is 14.0. The Morgan fingerprint density at radius 2 is 1.75 bits per heavy atom. The molecule has 0 atom stereocenters. The van der Waals surface area contributed by atoms with Gasteiger partial charge in [0.05, 0.1) is 0 Å². The molecule has 0 saturated carbocycles. The quantitative estimate of drug-likeness (QED) is 0.701. The van der Waals surface area contributed by atoms with Crippen molar-refractivity contribution in [1.82, 2.24) is 10.2 Å². The summed E-state index contributed by atoms with van der Waals surface area (Å²) in [5.41, 5.74) is 0.593. The maximum Gasteiger partial charge on any atom is 0.00103 e. The summed E-state index contributed by atoms with van der Waals surface area (Å²) in [6, 6.07) is 0.635. The third-order valence-corrected chi connectivity index (χ3v) is 3.66. The van der Waals surface area contributed by atoms with Crippen molar-refractivity contribution in [3.63, 3.8) is 0 Å². The molecule has 96 valence electrons. The van der Waals surface area contributed by atoms with Crippen molar-refractivity contribution < 1.29 is 0 Å². The minimum atomic E-state index is 0.593. The molecule has 0 aromatic carbocycles. The average molecular weight is 226 g/mol. The van der Waals surface area contributed by atoms with Crippen LogP contribution < -0.4 is 5.32 Å². The molecule has 1 saturated heterocycles. The SMILES string of the molecule is CC(C)NCCCCN1CCC(C)(C)CC1. The first-order valence-corrected chi connectivity index (χ1v) is 6.95. The van der Waals surface area contributed by atoms with E-state index in [1.54, 1.807) is 0 Å². The summed E-state index contributed by atoms with van der Waals surface area (Å²) in [7, 11) is 0. The summed E-state index contributed by atoms with van der Waals surface area (Å²) in [6.45, 7) is 14.3. The summed E-state index contributed by atoms with van der Waals surface area (Å²) in [5.74, 6) is 0. The highest BCUT2D eigenvalue weighted by atomic mass is 15.1. The van der Waals surface area contributed by atoms with Crippen LogP contribution in [0.4, 0.5) is 0 Å². The van der Waals surface area contributed by atoms with Crippen LogP contribution in [0, 0.1) is 5.41 Å². The second-order valence-electron chi connectivity index (χ2n) is 6.32. The van der Waals surface area contributed by atoms with Crippen LogP contribution in [0.3, 0.4) is 0 Å². The lowest BCUT2D eigenvalue weighted by Crippen LogP contribution is -2.38. The molecule has 0 spiro atoms. The molecule has 0 unspecified atom stereocenters. The summed E-state index contributed by atoms with van der Waals surface area (Å²) in [4.78, 5) is 2.64. The minimum absolute atomic E-state index is 0.593. The Hall–Kier alpha value is -0.0800. The van der Waals surface area contributed by atoms with Crippen LogP contribution in [-0.4, -0.2) is 37.1 Å². The Kier molecular flexibility index (Phi) is 5.77. The van der Waals surface area contributed by atoms with Crippen molar-refractivity contribution in [3.05, 3.63) is 0 Å². The summed E-state index contributed by atoms with van der Waals surface area (Å²) >= 11 is 0. The van der Waals surface area contributed by atoms with Crippen LogP contribution in [-0.2, 0) is 0 Å². The predicted octanol–water partition coefficient (Wildman–Crippen LogP) is 2.89. The second kappa shape index (κ2) is 6.61. The third kappa shape index (κ3) is 5.86. The molecule has 1 heterocycles. The largest absolute Gasteiger partial charge is 0.315 e. The van der Waals surface area contributed by atoms with Gasteiger partial charge in [-0.1, -0.05) is 27.7 Å². The standard InChI is InChI=1S/C14H30N2/c1-13(2)15-9-5-6-10-16-11-7-14(3,4)8-12-16/h13,15H,5-12H2,1-4H3. The molecular weight excluding hydrogens is 196 g/mol. The Balaban J connectivity index is 1.98. The number of rotatable bonds is 6. The van der Waals surface area contributed by atoms with E-state index in [-0.39, 0.29) is 0 Å². The van der Waals surface area contributed by atoms with E-state index in [1.807, 2.05) is 0 Å². The van der Waals surface area contributed by atoms with Crippen LogP contribution in [0.1, 0.15) is 53.4 Å². The molecule has 0 bridgehead atoms. The van der Waals surface area contributed by atoms with E-state index in [0.29, 0.717) is 11.5 Å². The monoisotopic (exact) mass is 226 g/mol. The van der Waals surface area contributed by atoms with E-state index in [1.165, 1.54) is 51.9 Å². The zero-order chi connectivity index (χ0) is 12.0. The van der Waals surface area contributed by atoms with E-state index in [9.17, 15) is 0 Å². The molecule has 2 heteroatoms. The highest BCUT2D eigenvalue weighted by Crippen LogP contribution is 2.29. The van der Waals surface area contributed by atoms with Gasteiger partial charge in [0.1, 0.15) is 0 Å². The topological polar surface area (TPSA) is 15.3 Å². The fourth-order valence-corrected chi connectivity index (χ4v) is 2.23. The van der Waals surface area contributed by atoms with E-state index < -0.39 is 0 Å². The lowest BCUT2D eigenvalue weighted by molar-refractivity contribution is 0.131. The number of nitrogens with one attached hydrogen (secondary N) is 1. The molecule has 1 fully saturated rings. The molecule has 1 aliphatic rings. The van der Waals surface area contributed by atoms with Gasteiger partial charge in [-0.2, -0.15) is 0 Å². The van der Waals surface area contributed by atoms with Gasteiger partial charge in [0.15, 0.2) is 0 Å². The first-order chi connectivity index (χ1) is 7.49. The van der Waals surface area contributed by atoms with Gasteiger partial charge in [-0.25, -0.2) is 0 Å². The Bertz CT molecular complexity index is 177. The van der Waals surface area contributed by atoms with Crippen molar-refractivity contribution in [3.8, 4) is 0 Å². The zero-order valence-electron chi connectivity index (χ0n) is 11.7. The number of hydrogen-bond donors (Lipinski definition) is 1. The minimum Gasteiger partial charge on any atom is -0.315 e. The molecule has 16 heavy (non-hydrogen) atoms. The summed E-state index contributed by atoms with van der Waals surface area (Å²) in [6.07, 6.45) is 5.41. The molecular formula is C14H30N2. The van der Waals surface area contributed by atoms with E-state index in [2.05, 4.69) is 37.9 Å². The predicted molar refractivity (Wildman–Crippen MR) is 71.8 cm³/mol. The molecule has 0 aromatic heterocycles. The Morgan fingerprint density at radius 1 is 1.12 bits per heavy atom. The maximum absolute atomic E-state index is 3.48. The zero-order valence-corrected chi connectivity index (χ0v) is 11.7. The normalized spacial score (nSPS) is 21.6. The molecule has 0 aliphatic carbocycles. The van der Waals surface area contributed by atoms with Crippen LogP contribution >= 0.6 is 0 Å². The van der Waals surface area contributed by atoms with E-state index in [0.717, 1.165) is 0 Å². The van der Waals surface area contributed by atoms with Gasteiger partial charge >= 0.3 is 0 Å². The van der Waals surface area contributed by atoms with Gasteiger partial charge in [0.25, 0.3) is 0 Å². The summed E-state index contributed by atoms with van der Waals surface area (Å²) < 4.78 is 0. The molecule has 0 amide bonds. The molecule has 2 nitrogen and oxygen atoms in total. The van der Waals surface area contributed by atoms with Crippen LogP contribution in [0.2, 0.25) is 0 Å². The second-order valence-corrected chi connectivity index (χ2v) is 6.32. The van der Waals surface area contributed by atoms with Crippen LogP contribution in [0.5, 0.6) is 0 Å². The van der Waals surface area contributed by atoms with Crippen molar-refractivity contribution in [2.24, 2.45) is 5.41 Å². The van der Waals surface area contributed by atoms with E-state index >= 15 is 0 Å². The van der Waals surface area contributed by atoms with Crippen molar-refractivity contribution in [2.45, 2.75) is 59.4 Å². The lowest BCUT2D eigenvalue weighted by Gasteiger charge is -2.36. The number of nitrogens with zero attached hydrogens (tertiary/aromatic N) is 1. The van der Waals surface area contributed by atoms with Gasteiger partial charge in [-0.05, 0) is 57.3 Å². The number of piperidine rings is 1. The fraction of sp³-hybridized carbons (Fsp3) is 1.00. The molecule has 1 N–H and O–H groups in total. The maximum atomic E-state index is 3.48. The number of hydrogen-bond acceptors (Lipinski definition) is 2. The van der Waals surface area contributed by atoms with Crippen LogP contribution in [0.15, 0.2) is 0 Å². The number of likely N-dealkylation sites (tertiary alicyclic amines) is 1. The van der Waals surface area contributed by atoms with Gasteiger partial charge in [0.2, 0.25) is 0 Å². The fourth-order valence-electron chi connectivity index (χ4n) is 2.23. The molecule has 0 aromatic rings. The summed E-state index contributed by atoms with van der Waals surface area (Å²) in [5, 5.41) is 3.48.